The maximum atomic E-state index is 11.8. The molecule has 0 aliphatic rings. The second kappa shape index (κ2) is 14.3. The Morgan fingerprint density at radius 2 is 0.861 bits per heavy atom. The standard InChI is InChI=1S/C24H26O12/c1-15-9-16(2)12-19(11-15)21(25)31-35-33-23(27)29-7-5-6-8-30-24(28)34-36-32-22(26)20-13-17(3)10-18(4)14-20/h9-14H,5-8H2,1-4H3. The van der Waals surface area contributed by atoms with Gasteiger partial charge in [-0.2, -0.15) is 0 Å². The third-order valence-corrected chi connectivity index (χ3v) is 4.32. The molecule has 36 heavy (non-hydrogen) atoms. The summed E-state index contributed by atoms with van der Waals surface area (Å²) in [5.74, 6) is -1.69. The summed E-state index contributed by atoms with van der Waals surface area (Å²) in [5.41, 5.74) is 3.86. The van der Waals surface area contributed by atoms with Crippen molar-refractivity contribution in [2.45, 2.75) is 40.5 Å². The number of carbonyl (C=O) groups excluding carboxylic acids is 4. The van der Waals surface area contributed by atoms with E-state index >= 15 is 0 Å². The topological polar surface area (TPSA) is 142 Å². The van der Waals surface area contributed by atoms with Gasteiger partial charge in [0.2, 0.25) is 0 Å². The molecule has 0 aliphatic carbocycles. The van der Waals surface area contributed by atoms with Crippen molar-refractivity contribution in [2.24, 2.45) is 0 Å². The second-order valence-electron chi connectivity index (χ2n) is 7.70. The molecule has 0 spiro atoms. The van der Waals surface area contributed by atoms with Crippen LogP contribution < -0.4 is 0 Å². The van der Waals surface area contributed by atoms with E-state index in [0.717, 1.165) is 22.3 Å². The van der Waals surface area contributed by atoms with Gasteiger partial charge in [-0.05, 0) is 64.8 Å². The average Bonchev–Trinajstić information content (AvgIpc) is 2.79. The van der Waals surface area contributed by atoms with E-state index in [1.807, 2.05) is 39.8 Å². The molecule has 0 fully saturated rings. The van der Waals surface area contributed by atoms with Crippen LogP contribution in [0.3, 0.4) is 0 Å². The molecule has 0 bridgehead atoms. The summed E-state index contributed by atoms with van der Waals surface area (Å²) >= 11 is 0. The summed E-state index contributed by atoms with van der Waals surface area (Å²) in [7, 11) is 0. The molecule has 12 heteroatoms. The zero-order valence-corrected chi connectivity index (χ0v) is 20.2. The first-order valence-corrected chi connectivity index (χ1v) is 10.7. The van der Waals surface area contributed by atoms with E-state index in [1.54, 1.807) is 24.3 Å². The van der Waals surface area contributed by atoms with Crippen molar-refractivity contribution in [1.82, 2.24) is 0 Å². The number of carbonyl (C=O) groups is 4. The van der Waals surface area contributed by atoms with E-state index < -0.39 is 24.2 Å². The van der Waals surface area contributed by atoms with Gasteiger partial charge in [-0.15, -0.1) is 0 Å². The Balaban J connectivity index is 1.49. The largest absolute Gasteiger partial charge is 0.543 e. The Morgan fingerprint density at radius 1 is 0.528 bits per heavy atom. The second-order valence-corrected chi connectivity index (χ2v) is 7.70. The molecule has 0 heterocycles. The first-order valence-electron chi connectivity index (χ1n) is 10.7. The molecular weight excluding hydrogens is 480 g/mol. The van der Waals surface area contributed by atoms with Crippen LogP contribution in [0.2, 0.25) is 0 Å². The highest BCUT2D eigenvalue weighted by atomic mass is 17.5. The van der Waals surface area contributed by atoms with Gasteiger partial charge >= 0.3 is 24.2 Å². The van der Waals surface area contributed by atoms with E-state index in [0.29, 0.717) is 0 Å². The summed E-state index contributed by atoms with van der Waals surface area (Å²) < 4.78 is 9.39. The lowest BCUT2D eigenvalue weighted by Gasteiger charge is -2.06. The molecule has 12 nitrogen and oxygen atoms in total. The Bertz CT molecular complexity index is 953. The van der Waals surface area contributed by atoms with Crippen LogP contribution in [-0.2, 0) is 39.1 Å². The van der Waals surface area contributed by atoms with E-state index in [-0.39, 0.29) is 37.2 Å². The SMILES string of the molecule is Cc1cc(C)cc(C(=O)OOOC(=O)OCCCCOC(=O)OOOC(=O)c2cc(C)cc(C)c2)c1. The number of hydrogen-bond acceptors (Lipinski definition) is 12. The fourth-order valence-corrected chi connectivity index (χ4v) is 3.00. The molecule has 0 unspecified atom stereocenters. The minimum Gasteiger partial charge on any atom is -0.432 e. The minimum atomic E-state index is -1.23. The van der Waals surface area contributed by atoms with Crippen LogP contribution in [0, 0.1) is 27.7 Å². The van der Waals surface area contributed by atoms with Gasteiger partial charge in [-0.25, -0.2) is 29.0 Å². The number of rotatable bonds is 11. The molecule has 0 radical (unpaired) electrons. The van der Waals surface area contributed by atoms with Crippen molar-refractivity contribution in [1.29, 1.82) is 0 Å². The molecule has 0 saturated carbocycles. The molecule has 0 aromatic heterocycles. The Labute approximate surface area is 206 Å². The predicted octanol–water partition coefficient (Wildman–Crippen LogP) is 4.71. The zero-order chi connectivity index (χ0) is 26.5. The number of unbranched alkanes of at least 4 members (excludes halogenated alkanes) is 1. The highest BCUT2D eigenvalue weighted by molar-refractivity contribution is 5.89. The Kier molecular flexibility index (Phi) is 11.1. The normalized spacial score (nSPS) is 10.2. The smallest absolute Gasteiger partial charge is 0.432 e. The predicted molar refractivity (Wildman–Crippen MR) is 119 cm³/mol. The quantitative estimate of drug-likeness (QED) is 0.180. The maximum Gasteiger partial charge on any atom is 0.543 e. The van der Waals surface area contributed by atoms with Crippen molar-refractivity contribution in [3.63, 3.8) is 0 Å². The maximum absolute atomic E-state index is 11.8. The number of ether oxygens (including phenoxy) is 2. The van der Waals surface area contributed by atoms with Gasteiger partial charge in [-0.3, -0.25) is 9.78 Å². The number of hydrogen-bond donors (Lipinski definition) is 0. The zero-order valence-electron chi connectivity index (χ0n) is 20.2. The summed E-state index contributed by atoms with van der Waals surface area (Å²) in [4.78, 5) is 63.6. The molecule has 0 N–H and O–H groups in total. The molecule has 2 aromatic carbocycles. The number of aryl methyl sites for hydroxylation is 4. The molecule has 2 aromatic rings. The third-order valence-electron chi connectivity index (χ3n) is 4.32. The minimum absolute atomic E-state index is 0.102. The summed E-state index contributed by atoms with van der Waals surface area (Å²) in [6.45, 7) is 7.04. The first-order chi connectivity index (χ1) is 17.1. The van der Waals surface area contributed by atoms with Crippen molar-refractivity contribution < 1.29 is 58.3 Å². The molecule has 0 saturated heterocycles. The van der Waals surface area contributed by atoms with Crippen LogP contribution in [0.4, 0.5) is 9.59 Å². The lowest BCUT2D eigenvalue weighted by molar-refractivity contribution is -0.452. The van der Waals surface area contributed by atoms with Gasteiger partial charge in [0, 0.05) is 0 Å². The van der Waals surface area contributed by atoms with Crippen LogP contribution in [-0.4, -0.2) is 37.5 Å². The highest BCUT2D eigenvalue weighted by Crippen LogP contribution is 2.11. The first kappa shape index (κ1) is 28.1. The van der Waals surface area contributed by atoms with Crippen LogP contribution >= 0.6 is 0 Å². The van der Waals surface area contributed by atoms with E-state index in [2.05, 4.69) is 29.6 Å². The van der Waals surface area contributed by atoms with Crippen molar-refractivity contribution in [3.05, 3.63) is 69.8 Å². The Morgan fingerprint density at radius 3 is 1.19 bits per heavy atom. The van der Waals surface area contributed by atoms with Gasteiger partial charge in [0.25, 0.3) is 0 Å². The van der Waals surface area contributed by atoms with Gasteiger partial charge < -0.3 is 9.47 Å². The number of benzene rings is 2. The van der Waals surface area contributed by atoms with E-state index in [1.165, 1.54) is 0 Å². The van der Waals surface area contributed by atoms with Crippen molar-refractivity contribution >= 4 is 24.2 Å². The molecule has 194 valence electrons. The average molecular weight is 506 g/mol. The fraction of sp³-hybridized carbons (Fsp3) is 0.333. The lowest BCUT2D eigenvalue weighted by Crippen LogP contribution is -2.14. The van der Waals surface area contributed by atoms with Crippen LogP contribution in [0.15, 0.2) is 36.4 Å². The van der Waals surface area contributed by atoms with Crippen LogP contribution in [0.5, 0.6) is 0 Å². The monoisotopic (exact) mass is 506 g/mol. The molecule has 0 aliphatic heterocycles. The molecular formula is C24H26O12. The van der Waals surface area contributed by atoms with Gasteiger partial charge in [0.05, 0.1) is 34.4 Å². The third kappa shape index (κ3) is 10.4. The molecule has 0 atom stereocenters. The summed E-state index contributed by atoms with van der Waals surface area (Å²) in [5, 5.41) is 8.27. The van der Waals surface area contributed by atoms with E-state index in [4.69, 9.17) is 9.47 Å². The molecule has 2 rings (SSSR count). The Hall–Kier alpha value is -4.16. The van der Waals surface area contributed by atoms with Gasteiger partial charge in [0.15, 0.2) is 0 Å². The van der Waals surface area contributed by atoms with Crippen molar-refractivity contribution in [2.75, 3.05) is 13.2 Å². The van der Waals surface area contributed by atoms with Gasteiger partial charge in [-0.1, -0.05) is 34.4 Å². The van der Waals surface area contributed by atoms with Crippen molar-refractivity contribution in [3.8, 4) is 0 Å². The lowest BCUT2D eigenvalue weighted by atomic mass is 10.1. The van der Waals surface area contributed by atoms with E-state index in [9.17, 15) is 19.2 Å². The van der Waals surface area contributed by atoms with Crippen LogP contribution in [0.25, 0.3) is 0 Å². The summed E-state index contributed by atoms with van der Waals surface area (Å²) in [6, 6.07) is 10.1. The van der Waals surface area contributed by atoms with Gasteiger partial charge in [0.1, 0.15) is 0 Å². The van der Waals surface area contributed by atoms with Crippen LogP contribution in [0.1, 0.15) is 55.8 Å². The summed E-state index contributed by atoms with van der Waals surface area (Å²) in [6.07, 6.45) is -1.90. The molecule has 0 amide bonds. The highest BCUT2D eigenvalue weighted by Gasteiger charge is 2.14. The fourth-order valence-electron chi connectivity index (χ4n) is 3.00.